The van der Waals surface area contributed by atoms with Crippen molar-refractivity contribution in [2.24, 2.45) is 0 Å². The summed E-state index contributed by atoms with van der Waals surface area (Å²) in [5.74, 6) is -3.57. The van der Waals surface area contributed by atoms with Gasteiger partial charge in [-0.1, -0.05) is 11.6 Å². The topological polar surface area (TPSA) is 89.7 Å². The Morgan fingerprint density at radius 2 is 2.29 bits per heavy atom. The predicted molar refractivity (Wildman–Crippen MR) is 55.7 cm³/mol. The van der Waals surface area contributed by atoms with Crippen LogP contribution in [-0.4, -0.2) is 22.6 Å². The van der Waals surface area contributed by atoms with Gasteiger partial charge in [-0.2, -0.15) is 0 Å². The van der Waals surface area contributed by atoms with Crippen molar-refractivity contribution in [2.45, 2.75) is 6.92 Å². The van der Waals surface area contributed by atoms with Crippen molar-refractivity contribution in [2.75, 3.05) is 6.61 Å². The molecule has 0 spiro atoms. The highest BCUT2D eigenvalue weighted by Gasteiger charge is 2.29. The zero-order valence-corrected chi connectivity index (χ0v) is 9.32. The van der Waals surface area contributed by atoms with Crippen LogP contribution in [-0.2, 0) is 4.74 Å². The van der Waals surface area contributed by atoms with Crippen molar-refractivity contribution in [3.63, 3.8) is 0 Å². The van der Waals surface area contributed by atoms with Gasteiger partial charge in [0.15, 0.2) is 5.82 Å². The van der Waals surface area contributed by atoms with E-state index in [2.05, 4.69) is 4.74 Å². The first-order valence-electron chi connectivity index (χ1n) is 4.42. The molecule has 0 aliphatic heterocycles. The van der Waals surface area contributed by atoms with E-state index in [1.54, 1.807) is 0 Å². The van der Waals surface area contributed by atoms with Crippen LogP contribution in [0.3, 0.4) is 0 Å². The largest absolute Gasteiger partial charge is 0.501 e. The van der Waals surface area contributed by atoms with Gasteiger partial charge in [0, 0.05) is 6.07 Å². The summed E-state index contributed by atoms with van der Waals surface area (Å²) in [7, 11) is 0. The maximum Gasteiger partial charge on any atom is 0.345 e. The number of phenols is 1. The van der Waals surface area contributed by atoms with E-state index in [1.807, 2.05) is 0 Å². The number of ether oxygens (including phenoxy) is 1. The van der Waals surface area contributed by atoms with E-state index in [9.17, 15) is 24.4 Å². The summed E-state index contributed by atoms with van der Waals surface area (Å²) in [6, 6.07) is 0.620. The minimum absolute atomic E-state index is 0.0714. The lowest BCUT2D eigenvalue weighted by molar-refractivity contribution is -0.385. The lowest BCUT2D eigenvalue weighted by atomic mass is 10.1. The molecule has 1 aromatic carbocycles. The van der Waals surface area contributed by atoms with Gasteiger partial charge in [-0.25, -0.2) is 9.18 Å². The molecule has 0 saturated carbocycles. The average molecular weight is 264 g/mol. The Morgan fingerprint density at radius 3 is 2.76 bits per heavy atom. The Kier molecular flexibility index (Phi) is 3.84. The fourth-order valence-corrected chi connectivity index (χ4v) is 1.33. The number of nitrogens with zero attached hydrogens (tertiary/aromatic N) is 1. The maximum absolute atomic E-state index is 13.5. The summed E-state index contributed by atoms with van der Waals surface area (Å²) < 4.78 is 17.9. The fourth-order valence-electron chi connectivity index (χ4n) is 1.13. The summed E-state index contributed by atoms with van der Waals surface area (Å²) in [6.45, 7) is 1.39. The van der Waals surface area contributed by atoms with Crippen molar-refractivity contribution in [3.05, 3.63) is 32.6 Å². The summed E-state index contributed by atoms with van der Waals surface area (Å²) in [4.78, 5) is 20.9. The number of rotatable bonds is 3. The third-order valence-corrected chi connectivity index (χ3v) is 2.12. The summed E-state index contributed by atoms with van der Waals surface area (Å²) in [5.41, 5.74) is -1.80. The molecule has 1 N–H and O–H groups in total. The van der Waals surface area contributed by atoms with Crippen LogP contribution >= 0.6 is 11.6 Å². The Bertz CT molecular complexity index is 491. The summed E-state index contributed by atoms with van der Waals surface area (Å²) in [6.07, 6.45) is 0. The molecule has 0 radical (unpaired) electrons. The van der Waals surface area contributed by atoms with Crippen molar-refractivity contribution >= 4 is 23.3 Å². The third-order valence-electron chi connectivity index (χ3n) is 1.85. The number of nitro benzene ring substituents is 1. The van der Waals surface area contributed by atoms with Crippen LogP contribution < -0.4 is 0 Å². The zero-order valence-electron chi connectivity index (χ0n) is 8.57. The van der Waals surface area contributed by atoms with Crippen LogP contribution in [0.15, 0.2) is 6.07 Å². The quantitative estimate of drug-likeness (QED) is 0.513. The minimum atomic E-state index is -1.26. The predicted octanol–water partition coefficient (Wildman–Crippen LogP) is 2.27. The molecule has 0 amide bonds. The molecular weight excluding hydrogens is 257 g/mol. The molecule has 0 aromatic heterocycles. The van der Waals surface area contributed by atoms with Crippen molar-refractivity contribution in [1.82, 2.24) is 0 Å². The highest BCUT2D eigenvalue weighted by atomic mass is 35.5. The Hall–Kier alpha value is -1.89. The molecule has 0 saturated heterocycles. The third kappa shape index (κ3) is 2.44. The van der Waals surface area contributed by atoms with E-state index in [4.69, 9.17) is 11.6 Å². The number of hydrogen-bond donors (Lipinski definition) is 1. The molecule has 0 aliphatic carbocycles. The molecule has 1 rings (SSSR count). The Labute approximate surface area is 99.7 Å². The van der Waals surface area contributed by atoms with Gasteiger partial charge in [0.1, 0.15) is 5.56 Å². The molecule has 92 valence electrons. The second-order valence-electron chi connectivity index (χ2n) is 2.89. The number of phenolic OH excluding ortho intramolecular Hbond substituents is 1. The van der Waals surface area contributed by atoms with E-state index >= 15 is 0 Å². The highest BCUT2D eigenvalue weighted by molar-refractivity contribution is 6.31. The molecule has 0 bridgehead atoms. The maximum atomic E-state index is 13.5. The molecule has 6 nitrogen and oxygen atoms in total. The van der Waals surface area contributed by atoms with E-state index < -0.39 is 38.7 Å². The molecule has 0 heterocycles. The molecule has 0 atom stereocenters. The normalized spacial score (nSPS) is 10.1. The molecule has 8 heteroatoms. The van der Waals surface area contributed by atoms with Crippen molar-refractivity contribution < 1.29 is 24.0 Å². The first-order chi connectivity index (χ1) is 7.90. The number of halogens is 2. The van der Waals surface area contributed by atoms with Crippen LogP contribution in [0.25, 0.3) is 0 Å². The van der Waals surface area contributed by atoms with Gasteiger partial charge in [0.2, 0.25) is 5.75 Å². The van der Waals surface area contributed by atoms with E-state index in [0.717, 1.165) is 0 Å². The average Bonchev–Trinajstić information content (AvgIpc) is 2.23. The van der Waals surface area contributed by atoms with Crippen LogP contribution in [0.2, 0.25) is 5.02 Å². The Morgan fingerprint density at radius 1 is 1.71 bits per heavy atom. The standard InChI is InChI=1S/C9H7ClFNO5/c1-2-17-9(14)6-7(11)4(10)3-5(8(6)13)12(15)16/h3,13H,2H2,1H3. The highest BCUT2D eigenvalue weighted by Crippen LogP contribution is 2.36. The zero-order chi connectivity index (χ0) is 13.2. The van der Waals surface area contributed by atoms with Crippen LogP contribution in [0.4, 0.5) is 10.1 Å². The molecule has 0 unspecified atom stereocenters. The smallest absolute Gasteiger partial charge is 0.345 e. The van der Waals surface area contributed by atoms with E-state index in [0.29, 0.717) is 6.07 Å². The molecule has 17 heavy (non-hydrogen) atoms. The number of nitro groups is 1. The minimum Gasteiger partial charge on any atom is -0.501 e. The van der Waals surface area contributed by atoms with Crippen LogP contribution in [0.1, 0.15) is 17.3 Å². The first kappa shape index (κ1) is 13.2. The number of hydrogen-bond acceptors (Lipinski definition) is 5. The number of carbonyl (C=O) groups is 1. The molecule has 0 aliphatic rings. The van der Waals surface area contributed by atoms with E-state index in [-0.39, 0.29) is 6.61 Å². The number of aromatic hydroxyl groups is 1. The van der Waals surface area contributed by atoms with Crippen molar-refractivity contribution in [1.29, 1.82) is 0 Å². The fraction of sp³-hybridized carbons (Fsp3) is 0.222. The molecule has 0 fully saturated rings. The summed E-state index contributed by atoms with van der Waals surface area (Å²) >= 11 is 5.38. The van der Waals surface area contributed by atoms with Gasteiger partial charge in [-0.05, 0) is 6.92 Å². The van der Waals surface area contributed by atoms with Crippen LogP contribution in [0.5, 0.6) is 5.75 Å². The summed E-state index contributed by atoms with van der Waals surface area (Å²) in [5, 5.41) is 19.3. The Balaban J connectivity index is 3.47. The SMILES string of the molecule is CCOC(=O)c1c(O)c([N+](=O)[O-])cc(Cl)c1F. The second-order valence-corrected chi connectivity index (χ2v) is 3.30. The first-order valence-corrected chi connectivity index (χ1v) is 4.80. The van der Waals surface area contributed by atoms with E-state index in [1.165, 1.54) is 6.92 Å². The van der Waals surface area contributed by atoms with Gasteiger partial charge in [-0.15, -0.1) is 0 Å². The lowest BCUT2D eigenvalue weighted by Gasteiger charge is -2.07. The van der Waals surface area contributed by atoms with Crippen molar-refractivity contribution in [3.8, 4) is 5.75 Å². The number of esters is 1. The second kappa shape index (κ2) is 4.96. The van der Waals surface area contributed by atoms with Gasteiger partial charge < -0.3 is 9.84 Å². The molecular formula is C9H7ClFNO5. The van der Waals surface area contributed by atoms with Gasteiger partial charge >= 0.3 is 11.7 Å². The van der Waals surface area contributed by atoms with Gasteiger partial charge in [-0.3, -0.25) is 10.1 Å². The number of benzene rings is 1. The van der Waals surface area contributed by atoms with Gasteiger partial charge in [0.25, 0.3) is 0 Å². The number of carbonyl (C=O) groups excluding carboxylic acids is 1. The van der Waals surface area contributed by atoms with Gasteiger partial charge in [0.05, 0.1) is 16.6 Å². The lowest BCUT2D eigenvalue weighted by Crippen LogP contribution is -2.09. The molecule has 1 aromatic rings. The van der Waals surface area contributed by atoms with Crippen LogP contribution in [0, 0.1) is 15.9 Å². The monoisotopic (exact) mass is 263 g/mol.